The second-order valence-corrected chi connectivity index (χ2v) is 5.17. The molecule has 122 valence electrons. The molecule has 0 spiro atoms. The van der Waals surface area contributed by atoms with Crippen molar-refractivity contribution in [3.8, 4) is 5.75 Å². The highest BCUT2D eigenvalue weighted by molar-refractivity contribution is 5.85. The van der Waals surface area contributed by atoms with Crippen molar-refractivity contribution in [1.82, 2.24) is 15.1 Å². The van der Waals surface area contributed by atoms with Crippen molar-refractivity contribution in [3.63, 3.8) is 0 Å². The summed E-state index contributed by atoms with van der Waals surface area (Å²) in [6.45, 7) is 3.53. The van der Waals surface area contributed by atoms with Gasteiger partial charge in [-0.1, -0.05) is 12.1 Å². The first-order valence-corrected chi connectivity index (χ1v) is 7.15. The van der Waals surface area contributed by atoms with Crippen LogP contribution in [0.1, 0.15) is 42.0 Å². The molecule has 0 aliphatic rings. The van der Waals surface area contributed by atoms with Gasteiger partial charge >= 0.3 is 5.97 Å². The largest absolute Gasteiger partial charge is 0.497 e. The van der Waals surface area contributed by atoms with Crippen molar-refractivity contribution in [2.24, 2.45) is 0 Å². The fraction of sp³-hybridized carbons (Fsp3) is 0.312. The number of rotatable bonds is 6. The Balaban J connectivity index is 2.05. The van der Waals surface area contributed by atoms with E-state index in [-0.39, 0.29) is 17.6 Å². The molecular formula is C16H19N3O4. The number of carboxylic acids is 1. The van der Waals surface area contributed by atoms with Crippen LogP contribution in [-0.2, 0) is 4.79 Å². The van der Waals surface area contributed by atoms with Crippen LogP contribution in [0.3, 0.4) is 0 Å². The molecule has 0 aliphatic heterocycles. The van der Waals surface area contributed by atoms with E-state index >= 15 is 0 Å². The van der Waals surface area contributed by atoms with Gasteiger partial charge in [0, 0.05) is 6.20 Å². The number of aromatic carboxylic acids is 1. The van der Waals surface area contributed by atoms with Crippen molar-refractivity contribution in [3.05, 3.63) is 47.8 Å². The normalized spacial score (nSPS) is 13.2. The Morgan fingerprint density at radius 2 is 2.04 bits per heavy atom. The van der Waals surface area contributed by atoms with E-state index in [4.69, 9.17) is 9.84 Å². The monoisotopic (exact) mass is 317 g/mol. The standard InChI is InChI=1S/C16H19N3O4/c1-10(12-5-4-6-13(9-12)23-3)17-15(20)11(2)19-8-7-14(18-19)16(21)22/h4-11H,1-3H3,(H,17,20)(H,21,22). The Morgan fingerprint density at radius 3 is 2.65 bits per heavy atom. The molecule has 0 bridgehead atoms. The number of benzene rings is 1. The fourth-order valence-corrected chi connectivity index (χ4v) is 2.12. The van der Waals surface area contributed by atoms with E-state index in [1.54, 1.807) is 14.0 Å². The predicted molar refractivity (Wildman–Crippen MR) is 83.4 cm³/mol. The third kappa shape index (κ3) is 3.88. The highest BCUT2D eigenvalue weighted by atomic mass is 16.5. The van der Waals surface area contributed by atoms with Crippen molar-refractivity contribution in [2.45, 2.75) is 25.9 Å². The average molecular weight is 317 g/mol. The van der Waals surface area contributed by atoms with E-state index in [1.807, 2.05) is 31.2 Å². The molecule has 0 fully saturated rings. The molecule has 7 heteroatoms. The molecule has 0 radical (unpaired) electrons. The molecule has 2 rings (SSSR count). The van der Waals surface area contributed by atoms with Crippen LogP contribution in [0, 0.1) is 0 Å². The predicted octanol–water partition coefficient (Wildman–Crippen LogP) is 2.03. The molecule has 1 heterocycles. The fourth-order valence-electron chi connectivity index (χ4n) is 2.12. The van der Waals surface area contributed by atoms with Gasteiger partial charge in [0.2, 0.25) is 5.91 Å². The van der Waals surface area contributed by atoms with Crippen LogP contribution >= 0.6 is 0 Å². The molecule has 1 aromatic heterocycles. The lowest BCUT2D eigenvalue weighted by molar-refractivity contribution is -0.124. The lowest BCUT2D eigenvalue weighted by Gasteiger charge is -2.18. The van der Waals surface area contributed by atoms with Crippen LogP contribution in [0.15, 0.2) is 36.5 Å². The number of carbonyl (C=O) groups excluding carboxylic acids is 1. The number of carbonyl (C=O) groups is 2. The first-order chi connectivity index (χ1) is 10.9. The molecule has 7 nitrogen and oxygen atoms in total. The summed E-state index contributed by atoms with van der Waals surface area (Å²) in [5.41, 5.74) is 0.821. The topological polar surface area (TPSA) is 93.5 Å². The van der Waals surface area contributed by atoms with Crippen LogP contribution in [0.4, 0.5) is 0 Å². The highest BCUT2D eigenvalue weighted by Gasteiger charge is 2.20. The minimum atomic E-state index is -1.12. The van der Waals surface area contributed by atoms with Gasteiger partial charge in [-0.05, 0) is 37.6 Å². The van der Waals surface area contributed by atoms with Gasteiger partial charge in [-0.3, -0.25) is 9.48 Å². The molecule has 0 saturated heterocycles. The molecule has 2 N–H and O–H groups in total. The molecule has 0 saturated carbocycles. The second-order valence-electron chi connectivity index (χ2n) is 5.17. The number of hydrogen-bond acceptors (Lipinski definition) is 4. The average Bonchev–Trinajstić information content (AvgIpc) is 3.04. The third-order valence-corrected chi connectivity index (χ3v) is 3.56. The van der Waals surface area contributed by atoms with Gasteiger partial charge in [-0.25, -0.2) is 4.79 Å². The van der Waals surface area contributed by atoms with E-state index in [2.05, 4.69) is 10.4 Å². The SMILES string of the molecule is COc1cccc(C(C)NC(=O)C(C)n2ccc(C(=O)O)n2)c1. The summed E-state index contributed by atoms with van der Waals surface area (Å²) in [6, 6.07) is 7.97. The van der Waals surface area contributed by atoms with E-state index < -0.39 is 12.0 Å². The Bertz CT molecular complexity index is 711. The van der Waals surface area contributed by atoms with Crippen LogP contribution < -0.4 is 10.1 Å². The number of nitrogens with zero attached hydrogens (tertiary/aromatic N) is 2. The molecule has 2 atom stereocenters. The van der Waals surface area contributed by atoms with Crippen molar-refractivity contribution in [2.75, 3.05) is 7.11 Å². The second kappa shape index (κ2) is 6.95. The van der Waals surface area contributed by atoms with Gasteiger partial charge in [-0.15, -0.1) is 0 Å². The van der Waals surface area contributed by atoms with Crippen molar-refractivity contribution in [1.29, 1.82) is 0 Å². The minimum Gasteiger partial charge on any atom is -0.497 e. The summed E-state index contributed by atoms with van der Waals surface area (Å²) < 4.78 is 6.50. The Hall–Kier alpha value is -2.83. The number of nitrogens with one attached hydrogen (secondary N) is 1. The third-order valence-electron chi connectivity index (χ3n) is 3.56. The van der Waals surface area contributed by atoms with Crippen LogP contribution in [0.2, 0.25) is 0 Å². The van der Waals surface area contributed by atoms with Gasteiger partial charge in [0.25, 0.3) is 0 Å². The number of amides is 1. The minimum absolute atomic E-state index is 0.0921. The van der Waals surface area contributed by atoms with Crippen molar-refractivity contribution >= 4 is 11.9 Å². The Labute approximate surface area is 133 Å². The number of hydrogen-bond donors (Lipinski definition) is 2. The van der Waals surface area contributed by atoms with Gasteiger partial charge < -0.3 is 15.2 Å². The molecule has 1 aromatic carbocycles. The molecule has 23 heavy (non-hydrogen) atoms. The van der Waals surface area contributed by atoms with E-state index in [1.165, 1.54) is 16.9 Å². The maximum Gasteiger partial charge on any atom is 0.356 e. The van der Waals surface area contributed by atoms with Gasteiger partial charge in [0.1, 0.15) is 11.8 Å². The highest BCUT2D eigenvalue weighted by Crippen LogP contribution is 2.19. The lowest BCUT2D eigenvalue weighted by Crippen LogP contribution is -2.33. The summed E-state index contributed by atoms with van der Waals surface area (Å²) in [6.07, 6.45) is 1.48. The van der Waals surface area contributed by atoms with Gasteiger partial charge in [0.05, 0.1) is 13.2 Å². The quantitative estimate of drug-likeness (QED) is 0.850. The Morgan fingerprint density at radius 1 is 1.30 bits per heavy atom. The van der Waals surface area contributed by atoms with Crippen molar-refractivity contribution < 1.29 is 19.4 Å². The summed E-state index contributed by atoms with van der Waals surface area (Å²) in [5, 5.41) is 15.6. The molecule has 0 aliphatic carbocycles. The number of aromatic nitrogens is 2. The smallest absolute Gasteiger partial charge is 0.356 e. The summed E-state index contributed by atoms with van der Waals surface area (Å²) >= 11 is 0. The van der Waals surface area contributed by atoms with Gasteiger partial charge in [-0.2, -0.15) is 5.10 Å². The first-order valence-electron chi connectivity index (χ1n) is 7.15. The Kier molecular flexibility index (Phi) is 5.00. The zero-order valence-electron chi connectivity index (χ0n) is 13.2. The molecule has 2 aromatic rings. The zero-order valence-corrected chi connectivity index (χ0v) is 13.2. The zero-order chi connectivity index (χ0) is 17.0. The summed E-state index contributed by atoms with van der Waals surface area (Å²) in [5.74, 6) is -0.656. The van der Waals surface area contributed by atoms with E-state index in [0.717, 1.165) is 11.3 Å². The van der Waals surface area contributed by atoms with Crippen LogP contribution in [0.5, 0.6) is 5.75 Å². The molecule has 1 amide bonds. The molecular weight excluding hydrogens is 298 g/mol. The van der Waals surface area contributed by atoms with Gasteiger partial charge in [0.15, 0.2) is 5.69 Å². The maximum atomic E-state index is 12.3. The number of carboxylic acid groups (broad SMARTS) is 1. The van der Waals surface area contributed by atoms with Crippen LogP contribution in [-0.4, -0.2) is 33.9 Å². The van der Waals surface area contributed by atoms with E-state index in [9.17, 15) is 9.59 Å². The van der Waals surface area contributed by atoms with E-state index in [0.29, 0.717) is 0 Å². The van der Waals surface area contributed by atoms with Crippen LogP contribution in [0.25, 0.3) is 0 Å². The number of ether oxygens (including phenoxy) is 1. The summed E-state index contributed by atoms with van der Waals surface area (Å²) in [4.78, 5) is 23.2. The maximum absolute atomic E-state index is 12.3. The lowest BCUT2D eigenvalue weighted by atomic mass is 10.1. The first kappa shape index (κ1) is 16.5. The molecule has 2 unspecified atom stereocenters. The summed E-state index contributed by atoms with van der Waals surface area (Å²) in [7, 11) is 1.59. The number of methoxy groups -OCH3 is 1.